The smallest absolute Gasteiger partial charge is 0.120 e. The van der Waals surface area contributed by atoms with Gasteiger partial charge in [0.1, 0.15) is 5.82 Å². The number of nitrogens with zero attached hydrogens (tertiary/aromatic N) is 1. The van der Waals surface area contributed by atoms with Crippen LogP contribution in [0.25, 0.3) is 10.8 Å². The van der Waals surface area contributed by atoms with Crippen LogP contribution < -0.4 is 5.32 Å². The van der Waals surface area contributed by atoms with Gasteiger partial charge in [-0.15, -0.1) is 0 Å². The van der Waals surface area contributed by atoms with Crippen molar-refractivity contribution in [2.24, 2.45) is 0 Å². The third kappa shape index (κ3) is 2.51. The molecule has 0 fully saturated rings. The minimum atomic E-state index is 0.288. The lowest BCUT2D eigenvalue weighted by Crippen LogP contribution is -2.19. The molecule has 0 aliphatic rings. The molecule has 96 valence electrons. The van der Waals surface area contributed by atoms with E-state index in [0.29, 0.717) is 0 Å². The lowest BCUT2D eigenvalue weighted by molar-refractivity contribution is 0.565. The third-order valence-electron chi connectivity index (χ3n) is 3.42. The van der Waals surface area contributed by atoms with Crippen molar-refractivity contribution in [1.29, 1.82) is 0 Å². The Morgan fingerprint density at radius 3 is 2.84 bits per heavy atom. The third-order valence-corrected chi connectivity index (χ3v) is 3.42. The average molecular weight is 251 g/mol. The van der Waals surface area contributed by atoms with Gasteiger partial charge in [-0.3, -0.25) is 0 Å². The van der Waals surface area contributed by atoms with Crippen LogP contribution in [0.5, 0.6) is 0 Å². The highest BCUT2D eigenvalue weighted by atomic mass is 15.0. The molecule has 3 rings (SSSR count). The monoisotopic (exact) mass is 251 g/mol. The first-order chi connectivity index (χ1) is 9.34. The molecule has 0 bridgehead atoms. The van der Waals surface area contributed by atoms with Gasteiger partial charge in [-0.25, -0.2) is 4.98 Å². The molecular formula is C16H17N3. The number of imidazole rings is 1. The van der Waals surface area contributed by atoms with Gasteiger partial charge in [0.05, 0.1) is 6.54 Å². The molecule has 1 aromatic heterocycles. The molecule has 19 heavy (non-hydrogen) atoms. The number of fused-ring (bicyclic) bond motifs is 1. The molecule has 0 unspecified atom stereocenters. The van der Waals surface area contributed by atoms with Crippen LogP contribution in [0, 0.1) is 0 Å². The molecule has 1 heterocycles. The summed E-state index contributed by atoms with van der Waals surface area (Å²) in [6, 6.07) is 15.2. The fourth-order valence-electron chi connectivity index (χ4n) is 2.38. The van der Waals surface area contributed by atoms with Crippen molar-refractivity contribution in [3.8, 4) is 0 Å². The summed E-state index contributed by atoms with van der Waals surface area (Å²) < 4.78 is 0. The quantitative estimate of drug-likeness (QED) is 0.746. The van der Waals surface area contributed by atoms with Crippen LogP contribution in [0.2, 0.25) is 0 Å². The zero-order valence-electron chi connectivity index (χ0n) is 10.9. The molecule has 0 radical (unpaired) electrons. The van der Waals surface area contributed by atoms with Crippen LogP contribution in [0.4, 0.5) is 0 Å². The fourth-order valence-corrected chi connectivity index (χ4v) is 2.38. The predicted octanol–water partition coefficient (Wildman–Crippen LogP) is 3.41. The van der Waals surface area contributed by atoms with Gasteiger partial charge in [0.15, 0.2) is 0 Å². The second-order valence-corrected chi connectivity index (χ2v) is 4.71. The number of aromatic nitrogens is 2. The Morgan fingerprint density at radius 1 is 1.16 bits per heavy atom. The maximum Gasteiger partial charge on any atom is 0.120 e. The Hall–Kier alpha value is -2.13. The molecule has 0 saturated carbocycles. The van der Waals surface area contributed by atoms with E-state index < -0.39 is 0 Å². The number of benzene rings is 2. The Kier molecular flexibility index (Phi) is 3.29. The zero-order chi connectivity index (χ0) is 13.1. The highest BCUT2D eigenvalue weighted by molar-refractivity contribution is 5.86. The van der Waals surface area contributed by atoms with Gasteiger partial charge < -0.3 is 10.3 Å². The lowest BCUT2D eigenvalue weighted by Gasteiger charge is -2.15. The van der Waals surface area contributed by atoms with Crippen molar-refractivity contribution in [1.82, 2.24) is 15.3 Å². The van der Waals surface area contributed by atoms with Crippen molar-refractivity contribution < 1.29 is 0 Å². The summed E-state index contributed by atoms with van der Waals surface area (Å²) in [6.07, 6.45) is 3.62. The van der Waals surface area contributed by atoms with E-state index in [9.17, 15) is 0 Å². The molecule has 3 nitrogen and oxygen atoms in total. The van der Waals surface area contributed by atoms with Gasteiger partial charge in [0, 0.05) is 18.4 Å². The highest BCUT2D eigenvalue weighted by Crippen LogP contribution is 2.24. The molecule has 0 amide bonds. The SMILES string of the molecule is C[C@@H](NCc1ncc[nH]1)c1cccc2ccccc12. The Bertz CT molecular complexity index is 653. The van der Waals surface area contributed by atoms with Crippen molar-refractivity contribution in [2.45, 2.75) is 19.5 Å². The van der Waals surface area contributed by atoms with Crippen LogP contribution in [0.15, 0.2) is 54.9 Å². The lowest BCUT2D eigenvalue weighted by atomic mass is 10.00. The minimum absolute atomic E-state index is 0.288. The summed E-state index contributed by atoms with van der Waals surface area (Å²) in [7, 11) is 0. The van der Waals surface area contributed by atoms with Crippen molar-refractivity contribution in [3.05, 3.63) is 66.2 Å². The minimum Gasteiger partial charge on any atom is -0.348 e. The average Bonchev–Trinajstić information content (AvgIpc) is 2.97. The zero-order valence-corrected chi connectivity index (χ0v) is 10.9. The molecule has 2 N–H and O–H groups in total. The second kappa shape index (κ2) is 5.24. The Morgan fingerprint density at radius 2 is 2.00 bits per heavy atom. The summed E-state index contributed by atoms with van der Waals surface area (Å²) in [5, 5.41) is 6.09. The predicted molar refractivity (Wildman–Crippen MR) is 77.8 cm³/mol. The van der Waals surface area contributed by atoms with E-state index in [1.807, 2.05) is 6.20 Å². The van der Waals surface area contributed by atoms with Crippen LogP contribution in [0.3, 0.4) is 0 Å². The maximum absolute atomic E-state index is 4.23. The van der Waals surface area contributed by atoms with Crippen molar-refractivity contribution >= 4 is 10.8 Å². The summed E-state index contributed by atoms with van der Waals surface area (Å²) >= 11 is 0. The molecule has 0 aliphatic heterocycles. The Balaban J connectivity index is 1.83. The maximum atomic E-state index is 4.23. The molecule has 0 spiro atoms. The summed E-state index contributed by atoms with van der Waals surface area (Å²) in [6.45, 7) is 2.93. The van der Waals surface area contributed by atoms with Crippen molar-refractivity contribution in [3.63, 3.8) is 0 Å². The topological polar surface area (TPSA) is 40.7 Å². The molecular weight excluding hydrogens is 234 g/mol. The summed E-state index contributed by atoms with van der Waals surface area (Å²) in [5.74, 6) is 0.965. The number of nitrogens with one attached hydrogen (secondary N) is 2. The molecule has 2 aromatic carbocycles. The van der Waals surface area contributed by atoms with E-state index in [1.165, 1.54) is 16.3 Å². The van der Waals surface area contributed by atoms with Crippen LogP contribution >= 0.6 is 0 Å². The first-order valence-electron chi connectivity index (χ1n) is 6.54. The van der Waals surface area contributed by atoms with Crippen LogP contribution in [-0.4, -0.2) is 9.97 Å². The van der Waals surface area contributed by atoms with E-state index in [1.54, 1.807) is 6.20 Å². The largest absolute Gasteiger partial charge is 0.348 e. The molecule has 0 aliphatic carbocycles. The summed E-state index contributed by atoms with van der Waals surface area (Å²) in [5.41, 5.74) is 1.32. The van der Waals surface area contributed by atoms with E-state index in [2.05, 4.69) is 64.7 Å². The standard InChI is InChI=1S/C16H17N3/c1-12(19-11-16-17-9-10-18-16)14-8-4-6-13-5-2-3-7-15(13)14/h2-10,12,19H,11H2,1H3,(H,17,18)/t12-/m1/s1. The van der Waals surface area contributed by atoms with Gasteiger partial charge in [-0.05, 0) is 23.3 Å². The summed E-state index contributed by atoms with van der Waals surface area (Å²) in [4.78, 5) is 7.33. The first kappa shape index (κ1) is 11.9. The normalized spacial score (nSPS) is 12.7. The molecule has 0 saturated heterocycles. The van der Waals surface area contributed by atoms with Gasteiger partial charge >= 0.3 is 0 Å². The Labute approximate surface area is 112 Å². The highest BCUT2D eigenvalue weighted by Gasteiger charge is 2.08. The van der Waals surface area contributed by atoms with Gasteiger partial charge in [0.25, 0.3) is 0 Å². The molecule has 3 aromatic rings. The first-order valence-corrected chi connectivity index (χ1v) is 6.54. The van der Waals surface area contributed by atoms with E-state index in [4.69, 9.17) is 0 Å². The van der Waals surface area contributed by atoms with Gasteiger partial charge in [-0.1, -0.05) is 42.5 Å². The fraction of sp³-hybridized carbons (Fsp3) is 0.188. The van der Waals surface area contributed by atoms with Crippen molar-refractivity contribution in [2.75, 3.05) is 0 Å². The number of hydrogen-bond acceptors (Lipinski definition) is 2. The second-order valence-electron chi connectivity index (χ2n) is 4.71. The number of H-pyrrole nitrogens is 1. The number of aromatic amines is 1. The van der Waals surface area contributed by atoms with Crippen LogP contribution in [-0.2, 0) is 6.54 Å². The number of rotatable bonds is 4. The van der Waals surface area contributed by atoms with Gasteiger partial charge in [-0.2, -0.15) is 0 Å². The van der Waals surface area contributed by atoms with E-state index >= 15 is 0 Å². The van der Waals surface area contributed by atoms with Gasteiger partial charge in [0.2, 0.25) is 0 Å². The number of hydrogen-bond donors (Lipinski definition) is 2. The molecule has 1 atom stereocenters. The molecule has 3 heteroatoms. The van der Waals surface area contributed by atoms with E-state index in [-0.39, 0.29) is 6.04 Å². The van der Waals surface area contributed by atoms with Crippen LogP contribution in [0.1, 0.15) is 24.4 Å². The van der Waals surface area contributed by atoms with E-state index in [0.717, 1.165) is 12.4 Å².